The second-order valence-electron chi connectivity index (χ2n) is 3.10. The van der Waals surface area contributed by atoms with Crippen LogP contribution < -0.4 is 5.73 Å². The predicted molar refractivity (Wildman–Crippen MR) is 57.5 cm³/mol. The molecule has 2 aromatic heterocycles. The molecule has 2 rings (SSSR count). The van der Waals surface area contributed by atoms with Crippen LogP contribution in [0.3, 0.4) is 0 Å². The molecule has 1 unspecified atom stereocenters. The summed E-state index contributed by atoms with van der Waals surface area (Å²) in [6, 6.07) is 1.27. The van der Waals surface area contributed by atoms with Gasteiger partial charge >= 0.3 is 6.18 Å². The summed E-state index contributed by atoms with van der Waals surface area (Å²) in [6.45, 7) is 0. The predicted octanol–water partition coefficient (Wildman–Crippen LogP) is 3.27. The van der Waals surface area contributed by atoms with Crippen LogP contribution in [0.15, 0.2) is 23.0 Å². The summed E-state index contributed by atoms with van der Waals surface area (Å²) in [7, 11) is 0. The molecule has 2 aromatic rings. The van der Waals surface area contributed by atoms with E-state index in [0.717, 1.165) is 5.56 Å². The van der Waals surface area contributed by atoms with Crippen LogP contribution in [-0.4, -0.2) is 4.98 Å². The highest BCUT2D eigenvalue weighted by Gasteiger charge is 2.35. The van der Waals surface area contributed by atoms with Crippen LogP contribution >= 0.6 is 22.7 Å². The summed E-state index contributed by atoms with van der Waals surface area (Å²) in [5.74, 6) is 0. The van der Waals surface area contributed by atoms with Gasteiger partial charge in [-0.3, -0.25) is 0 Å². The Morgan fingerprint density at radius 2 is 2.12 bits per heavy atom. The Bertz CT molecular complexity index is 461. The van der Waals surface area contributed by atoms with Gasteiger partial charge in [-0.2, -0.15) is 24.5 Å². The Morgan fingerprint density at radius 1 is 1.38 bits per heavy atom. The molecule has 0 spiro atoms. The van der Waals surface area contributed by atoms with Crippen molar-refractivity contribution in [3.05, 3.63) is 38.5 Å². The smallest absolute Gasteiger partial charge is 0.320 e. The molecule has 0 fully saturated rings. The lowest BCUT2D eigenvalue weighted by Crippen LogP contribution is -2.08. The van der Waals surface area contributed by atoms with Crippen molar-refractivity contribution in [1.82, 2.24) is 4.98 Å². The van der Waals surface area contributed by atoms with E-state index in [2.05, 4.69) is 4.98 Å². The quantitative estimate of drug-likeness (QED) is 0.904. The zero-order valence-corrected chi connectivity index (χ0v) is 9.49. The van der Waals surface area contributed by atoms with Crippen LogP contribution in [0.1, 0.15) is 21.5 Å². The molecule has 0 saturated heterocycles. The Kier molecular flexibility index (Phi) is 3.00. The number of hydrogen-bond acceptors (Lipinski definition) is 4. The normalized spacial score (nSPS) is 14.0. The number of thiazole rings is 1. The molecule has 7 heteroatoms. The third kappa shape index (κ3) is 2.26. The first-order valence-electron chi connectivity index (χ1n) is 4.29. The van der Waals surface area contributed by atoms with Crippen LogP contribution in [0.25, 0.3) is 0 Å². The Labute approximate surface area is 97.6 Å². The number of halogens is 3. The van der Waals surface area contributed by atoms with Gasteiger partial charge in [0.15, 0.2) is 5.01 Å². The summed E-state index contributed by atoms with van der Waals surface area (Å²) in [5.41, 5.74) is 6.63. The average molecular weight is 264 g/mol. The molecule has 1 atom stereocenters. The number of nitrogens with two attached hydrogens (primary N) is 1. The summed E-state index contributed by atoms with van der Waals surface area (Å²) in [5, 5.41) is 2.80. The molecule has 0 radical (unpaired) electrons. The van der Waals surface area contributed by atoms with E-state index in [1.807, 2.05) is 10.8 Å². The largest absolute Gasteiger partial charge is 0.443 e. The Morgan fingerprint density at radius 3 is 2.62 bits per heavy atom. The first-order valence-corrected chi connectivity index (χ1v) is 6.05. The molecule has 86 valence electrons. The third-order valence-corrected chi connectivity index (χ3v) is 3.80. The van der Waals surface area contributed by atoms with E-state index >= 15 is 0 Å². The molecule has 0 aromatic carbocycles. The molecular formula is C9H7F3N2S2. The Hall–Kier alpha value is -0.920. The molecular weight excluding hydrogens is 257 g/mol. The topological polar surface area (TPSA) is 38.9 Å². The first-order chi connectivity index (χ1) is 7.48. The second-order valence-corrected chi connectivity index (χ2v) is 4.94. The van der Waals surface area contributed by atoms with E-state index in [4.69, 9.17) is 5.73 Å². The number of rotatable bonds is 2. The summed E-state index contributed by atoms with van der Waals surface area (Å²) in [6.07, 6.45) is -3.20. The average Bonchev–Trinajstić information content (AvgIpc) is 2.87. The van der Waals surface area contributed by atoms with Crippen molar-refractivity contribution in [2.24, 2.45) is 5.73 Å². The highest BCUT2D eigenvalue weighted by molar-refractivity contribution is 7.11. The summed E-state index contributed by atoms with van der Waals surface area (Å²) < 4.78 is 36.9. The van der Waals surface area contributed by atoms with Gasteiger partial charge in [0.1, 0.15) is 0 Å². The zero-order chi connectivity index (χ0) is 11.8. The van der Waals surface area contributed by atoms with Gasteiger partial charge < -0.3 is 5.73 Å². The van der Waals surface area contributed by atoms with Crippen molar-refractivity contribution in [3.63, 3.8) is 0 Å². The lowest BCUT2D eigenvalue weighted by Gasteiger charge is -2.05. The van der Waals surface area contributed by atoms with E-state index in [1.54, 1.807) is 6.07 Å². The lowest BCUT2D eigenvalue weighted by molar-refractivity contribution is -0.137. The molecule has 0 aliphatic carbocycles. The van der Waals surface area contributed by atoms with Crippen molar-refractivity contribution in [1.29, 1.82) is 0 Å². The standard InChI is InChI=1S/C9H7F3N2S2/c10-9(11,12)8-14-3-6(16-8)7(13)5-1-2-15-4-5/h1-4,7H,13H2. The maximum atomic E-state index is 12.3. The van der Waals surface area contributed by atoms with E-state index in [1.165, 1.54) is 17.5 Å². The van der Waals surface area contributed by atoms with Crippen molar-refractivity contribution >= 4 is 22.7 Å². The van der Waals surface area contributed by atoms with Crippen molar-refractivity contribution in [2.45, 2.75) is 12.2 Å². The van der Waals surface area contributed by atoms with Crippen LogP contribution in [0.4, 0.5) is 13.2 Å². The number of hydrogen-bond donors (Lipinski definition) is 1. The minimum Gasteiger partial charge on any atom is -0.320 e. The number of aromatic nitrogens is 1. The molecule has 0 bridgehead atoms. The molecule has 0 aliphatic heterocycles. The fourth-order valence-electron chi connectivity index (χ4n) is 1.18. The molecule has 0 amide bonds. The van der Waals surface area contributed by atoms with Crippen LogP contribution in [0.5, 0.6) is 0 Å². The molecule has 0 aliphatic rings. The van der Waals surface area contributed by atoms with Gasteiger partial charge in [-0.25, -0.2) is 4.98 Å². The second kappa shape index (κ2) is 4.15. The van der Waals surface area contributed by atoms with Gasteiger partial charge in [-0.1, -0.05) is 0 Å². The molecule has 2 N–H and O–H groups in total. The van der Waals surface area contributed by atoms with Gasteiger partial charge in [-0.05, 0) is 22.4 Å². The molecule has 16 heavy (non-hydrogen) atoms. The minimum atomic E-state index is -4.39. The molecule has 2 heterocycles. The molecule has 0 saturated carbocycles. The summed E-state index contributed by atoms with van der Waals surface area (Å²) in [4.78, 5) is 3.76. The highest BCUT2D eigenvalue weighted by atomic mass is 32.1. The lowest BCUT2D eigenvalue weighted by atomic mass is 10.1. The van der Waals surface area contributed by atoms with Crippen LogP contribution in [0.2, 0.25) is 0 Å². The fourth-order valence-corrected chi connectivity index (χ4v) is 2.69. The van der Waals surface area contributed by atoms with Crippen LogP contribution in [-0.2, 0) is 6.18 Å². The maximum absolute atomic E-state index is 12.3. The first kappa shape index (κ1) is 11.6. The SMILES string of the molecule is NC(c1ccsc1)c1cnc(C(F)(F)F)s1. The van der Waals surface area contributed by atoms with Crippen LogP contribution in [0, 0.1) is 0 Å². The molecule has 2 nitrogen and oxygen atoms in total. The number of thiophene rings is 1. The zero-order valence-electron chi connectivity index (χ0n) is 7.86. The number of alkyl halides is 3. The van der Waals surface area contributed by atoms with Gasteiger partial charge in [0, 0.05) is 11.1 Å². The van der Waals surface area contributed by atoms with Crippen molar-refractivity contribution in [3.8, 4) is 0 Å². The summed E-state index contributed by atoms with van der Waals surface area (Å²) >= 11 is 2.05. The highest BCUT2D eigenvalue weighted by Crippen LogP contribution is 2.35. The minimum absolute atomic E-state index is 0.422. The Balaban J connectivity index is 2.26. The van der Waals surface area contributed by atoms with Gasteiger partial charge in [0.25, 0.3) is 0 Å². The third-order valence-electron chi connectivity index (χ3n) is 1.97. The number of nitrogens with zero attached hydrogens (tertiary/aromatic N) is 1. The van der Waals surface area contributed by atoms with Gasteiger partial charge in [0.2, 0.25) is 0 Å². The van der Waals surface area contributed by atoms with E-state index in [0.29, 0.717) is 16.2 Å². The van der Waals surface area contributed by atoms with Gasteiger partial charge in [-0.15, -0.1) is 11.3 Å². The van der Waals surface area contributed by atoms with Crippen molar-refractivity contribution in [2.75, 3.05) is 0 Å². The maximum Gasteiger partial charge on any atom is 0.443 e. The fraction of sp³-hybridized carbons (Fsp3) is 0.222. The van der Waals surface area contributed by atoms with Crippen molar-refractivity contribution < 1.29 is 13.2 Å². The van der Waals surface area contributed by atoms with E-state index in [-0.39, 0.29) is 0 Å². The van der Waals surface area contributed by atoms with Gasteiger partial charge in [0.05, 0.1) is 6.04 Å². The van der Waals surface area contributed by atoms with E-state index < -0.39 is 17.2 Å². The monoisotopic (exact) mass is 264 g/mol. The van der Waals surface area contributed by atoms with E-state index in [9.17, 15) is 13.2 Å².